The summed E-state index contributed by atoms with van der Waals surface area (Å²) in [6.07, 6.45) is 2.74. The monoisotopic (exact) mass is 408 g/mol. The maximum Gasteiger partial charge on any atom is 0.226 e. The highest BCUT2D eigenvalue weighted by Crippen LogP contribution is 2.31. The van der Waals surface area contributed by atoms with Crippen LogP contribution in [0.25, 0.3) is 11.1 Å². The molecule has 2 aliphatic rings. The van der Waals surface area contributed by atoms with Crippen molar-refractivity contribution in [2.45, 2.75) is 51.7 Å². The van der Waals surface area contributed by atoms with Gasteiger partial charge >= 0.3 is 0 Å². The summed E-state index contributed by atoms with van der Waals surface area (Å²) in [6.45, 7) is 6.81. The molecule has 3 atom stereocenters. The normalized spacial score (nSPS) is 24.5. The van der Waals surface area contributed by atoms with Crippen molar-refractivity contribution in [1.29, 1.82) is 0 Å². The number of amides is 1. The lowest BCUT2D eigenvalue weighted by Gasteiger charge is -2.27. The summed E-state index contributed by atoms with van der Waals surface area (Å²) in [5.41, 5.74) is 8.26. The van der Waals surface area contributed by atoms with E-state index in [1.165, 1.54) is 6.07 Å². The Morgan fingerprint density at radius 3 is 2.70 bits per heavy atom. The van der Waals surface area contributed by atoms with E-state index < -0.39 is 5.66 Å². The van der Waals surface area contributed by atoms with E-state index in [2.05, 4.69) is 10.9 Å². The third-order valence-electron chi connectivity index (χ3n) is 6.30. The number of benzene rings is 2. The zero-order chi connectivity index (χ0) is 21.3. The van der Waals surface area contributed by atoms with Crippen LogP contribution in [0.15, 0.2) is 53.5 Å². The minimum absolute atomic E-state index is 0.0153. The highest BCUT2D eigenvalue weighted by molar-refractivity contribution is 5.93. The van der Waals surface area contributed by atoms with Crippen LogP contribution >= 0.6 is 0 Å². The van der Waals surface area contributed by atoms with Crippen molar-refractivity contribution in [1.82, 2.24) is 15.8 Å². The number of nitrogens with zero attached hydrogens (tertiary/aromatic N) is 2. The highest BCUT2D eigenvalue weighted by Gasteiger charge is 2.40. The van der Waals surface area contributed by atoms with Crippen molar-refractivity contribution in [2.75, 3.05) is 6.54 Å². The number of hydrogen-bond acceptors (Lipinski definition) is 4. The Morgan fingerprint density at radius 1 is 1.27 bits per heavy atom. The Labute approximate surface area is 177 Å². The molecule has 2 N–H and O–H groups in total. The second-order valence-electron chi connectivity index (χ2n) is 8.38. The second-order valence-corrected chi connectivity index (χ2v) is 8.38. The van der Waals surface area contributed by atoms with Gasteiger partial charge in [0.05, 0.1) is 6.04 Å². The van der Waals surface area contributed by atoms with Crippen molar-refractivity contribution in [3.8, 4) is 11.1 Å². The summed E-state index contributed by atoms with van der Waals surface area (Å²) < 4.78 is 14.1. The van der Waals surface area contributed by atoms with Gasteiger partial charge in [0.25, 0.3) is 0 Å². The van der Waals surface area contributed by atoms with Crippen LogP contribution in [0.4, 0.5) is 4.39 Å². The maximum absolute atomic E-state index is 14.1. The Morgan fingerprint density at radius 2 is 2.00 bits per heavy atom. The molecule has 3 unspecified atom stereocenters. The number of carbonyl (C=O) groups excluding carboxylic acids is 1. The minimum atomic E-state index is -0.642. The van der Waals surface area contributed by atoms with Gasteiger partial charge in [-0.25, -0.2) is 14.8 Å². The number of rotatable bonds is 5. The quantitative estimate of drug-likeness (QED) is 0.779. The van der Waals surface area contributed by atoms with E-state index >= 15 is 0 Å². The summed E-state index contributed by atoms with van der Waals surface area (Å²) in [5, 5.41) is 0. The molecule has 1 saturated heterocycles. The van der Waals surface area contributed by atoms with Gasteiger partial charge in [0, 0.05) is 18.0 Å². The van der Waals surface area contributed by atoms with Crippen molar-refractivity contribution >= 4 is 11.7 Å². The molecule has 0 aliphatic carbocycles. The lowest BCUT2D eigenvalue weighted by atomic mass is 9.98. The lowest BCUT2D eigenvalue weighted by molar-refractivity contribution is -0.134. The molecule has 0 spiro atoms. The van der Waals surface area contributed by atoms with Crippen LogP contribution in [0.1, 0.15) is 45.6 Å². The number of hydrazine groups is 1. The van der Waals surface area contributed by atoms with Gasteiger partial charge in [-0.05, 0) is 43.4 Å². The molecule has 0 bridgehead atoms. The summed E-state index contributed by atoms with van der Waals surface area (Å²) in [5.74, 6) is 0.805. The average molecular weight is 409 g/mol. The van der Waals surface area contributed by atoms with Crippen molar-refractivity contribution in [2.24, 2.45) is 10.9 Å². The molecule has 158 valence electrons. The molecule has 5 nitrogen and oxygen atoms in total. The molecule has 0 saturated carbocycles. The Hall–Kier alpha value is -2.73. The second kappa shape index (κ2) is 8.19. The van der Waals surface area contributed by atoms with Crippen LogP contribution in [0, 0.1) is 11.7 Å². The Bertz CT molecular complexity index is 958. The third kappa shape index (κ3) is 3.72. The molecule has 1 fully saturated rings. The number of hydrogen-bond donors (Lipinski definition) is 2. The van der Waals surface area contributed by atoms with Gasteiger partial charge in [0.1, 0.15) is 11.7 Å². The molecule has 2 heterocycles. The molecule has 2 aromatic rings. The fourth-order valence-electron chi connectivity index (χ4n) is 4.22. The van der Waals surface area contributed by atoms with Gasteiger partial charge in [-0.2, -0.15) is 0 Å². The van der Waals surface area contributed by atoms with E-state index in [0.29, 0.717) is 5.56 Å². The van der Waals surface area contributed by atoms with E-state index in [1.807, 2.05) is 56.0 Å². The van der Waals surface area contributed by atoms with E-state index in [1.54, 1.807) is 12.1 Å². The predicted octanol–water partition coefficient (Wildman–Crippen LogP) is 4.21. The topological polar surface area (TPSA) is 56.7 Å². The third-order valence-corrected chi connectivity index (χ3v) is 6.30. The molecule has 2 aliphatic heterocycles. The van der Waals surface area contributed by atoms with Gasteiger partial charge in [-0.15, -0.1) is 0 Å². The van der Waals surface area contributed by atoms with Crippen LogP contribution in [0.5, 0.6) is 0 Å². The first kappa shape index (κ1) is 20.5. The van der Waals surface area contributed by atoms with Crippen molar-refractivity contribution < 1.29 is 9.18 Å². The molecule has 0 radical (unpaired) electrons. The van der Waals surface area contributed by atoms with Crippen LogP contribution < -0.4 is 10.9 Å². The molecule has 6 heteroatoms. The van der Waals surface area contributed by atoms with E-state index in [9.17, 15) is 9.18 Å². The van der Waals surface area contributed by atoms with E-state index in [4.69, 9.17) is 4.99 Å². The molecule has 4 rings (SSSR count). The first-order chi connectivity index (χ1) is 14.4. The number of likely N-dealkylation sites (tertiary alicyclic amines) is 1. The number of halogens is 1. The zero-order valence-corrected chi connectivity index (χ0v) is 17.8. The smallest absolute Gasteiger partial charge is 0.226 e. The van der Waals surface area contributed by atoms with Crippen LogP contribution in [0.3, 0.4) is 0 Å². The van der Waals surface area contributed by atoms with Gasteiger partial charge < -0.3 is 10.3 Å². The molecule has 30 heavy (non-hydrogen) atoms. The van der Waals surface area contributed by atoms with Gasteiger partial charge in [-0.3, -0.25) is 4.79 Å². The number of nitrogens with one attached hydrogen (secondary N) is 2. The van der Waals surface area contributed by atoms with E-state index in [0.717, 1.165) is 42.8 Å². The molecular weight excluding hydrogens is 379 g/mol. The minimum Gasteiger partial charge on any atom is -0.332 e. The number of aliphatic imine (C=N–C) groups is 1. The number of carbonyl (C=O) groups is 1. The fourth-order valence-corrected chi connectivity index (χ4v) is 4.22. The fraction of sp³-hybridized carbons (Fsp3) is 0.417. The maximum atomic E-state index is 14.1. The van der Waals surface area contributed by atoms with Crippen LogP contribution in [-0.4, -0.2) is 29.2 Å². The summed E-state index contributed by atoms with van der Waals surface area (Å²) in [4.78, 5) is 19.7. The Kier molecular flexibility index (Phi) is 5.60. The van der Waals surface area contributed by atoms with Crippen LogP contribution in [-0.2, 0) is 10.5 Å². The predicted molar refractivity (Wildman–Crippen MR) is 117 cm³/mol. The summed E-state index contributed by atoms with van der Waals surface area (Å²) in [7, 11) is 0. The van der Waals surface area contributed by atoms with E-state index in [-0.39, 0.29) is 23.7 Å². The number of amidine groups is 1. The SMILES string of the molecule is CCC(C)C(=O)N1CCCC1C1=NC(C)(c2ccc(-c3ccccc3F)cc2)NN1. The standard InChI is InChI=1S/C24H29FN4O/c1-4-16(2)23(30)29-15-7-10-21(29)22-26-24(3,28-27-22)18-13-11-17(12-14-18)19-8-5-6-9-20(19)25/h5-6,8-9,11-14,16,21,28H,4,7,10,15H2,1-3H3,(H,26,27). The summed E-state index contributed by atoms with van der Waals surface area (Å²) >= 11 is 0. The van der Waals surface area contributed by atoms with Gasteiger partial charge in [-0.1, -0.05) is 56.3 Å². The molecule has 0 aromatic heterocycles. The van der Waals surface area contributed by atoms with Gasteiger partial charge in [0.15, 0.2) is 5.66 Å². The van der Waals surface area contributed by atoms with Crippen molar-refractivity contribution in [3.05, 3.63) is 59.9 Å². The largest absolute Gasteiger partial charge is 0.332 e. The van der Waals surface area contributed by atoms with Crippen molar-refractivity contribution in [3.63, 3.8) is 0 Å². The molecular formula is C24H29FN4O. The average Bonchev–Trinajstić information content (AvgIpc) is 3.40. The molecule has 1 amide bonds. The Balaban J connectivity index is 1.56. The van der Waals surface area contributed by atoms with Crippen LogP contribution in [0.2, 0.25) is 0 Å². The first-order valence-corrected chi connectivity index (χ1v) is 10.7. The summed E-state index contributed by atoms with van der Waals surface area (Å²) in [6, 6.07) is 14.5. The van der Waals surface area contributed by atoms with Gasteiger partial charge in [0.2, 0.25) is 5.91 Å². The first-order valence-electron chi connectivity index (χ1n) is 10.7. The zero-order valence-electron chi connectivity index (χ0n) is 17.8. The highest BCUT2D eigenvalue weighted by atomic mass is 19.1. The molecule has 2 aromatic carbocycles. The lowest BCUT2D eigenvalue weighted by Crippen LogP contribution is -2.49.